The molecule has 2 N–H and O–H groups in total. The Morgan fingerprint density at radius 2 is 2.00 bits per heavy atom. The molecule has 0 radical (unpaired) electrons. The van der Waals surface area contributed by atoms with Gasteiger partial charge in [0.2, 0.25) is 0 Å². The molecule has 1 fully saturated rings. The van der Waals surface area contributed by atoms with Crippen LogP contribution >= 0.6 is 11.3 Å². The number of hydrogen-bond donors (Lipinski definition) is 1. The number of rotatable bonds is 2. The van der Waals surface area contributed by atoms with Crippen molar-refractivity contribution in [3.05, 3.63) is 16.1 Å². The Labute approximate surface area is 118 Å². The van der Waals surface area contributed by atoms with Crippen LogP contribution in [0.4, 0.5) is 0 Å². The lowest BCUT2D eigenvalue weighted by Crippen LogP contribution is -2.43. The third kappa shape index (κ3) is 2.61. The topological polar surface area (TPSA) is 54.5 Å². The summed E-state index contributed by atoms with van der Waals surface area (Å²) >= 11 is 1.72. The van der Waals surface area contributed by atoms with E-state index in [1.165, 1.54) is 38.5 Å². The van der Waals surface area contributed by atoms with Gasteiger partial charge in [0, 0.05) is 11.4 Å². The number of aliphatic imine (C=N–C) groups is 1. The summed E-state index contributed by atoms with van der Waals surface area (Å²) in [6.45, 7) is 2.83. The summed E-state index contributed by atoms with van der Waals surface area (Å²) in [5.74, 6) is 0.725. The van der Waals surface area contributed by atoms with Gasteiger partial charge >= 0.3 is 0 Å². The quantitative estimate of drug-likeness (QED) is 0.846. The maximum Gasteiger partial charge on any atom is 0.192 e. The fourth-order valence-electron chi connectivity index (χ4n) is 3.26. The van der Waals surface area contributed by atoms with Crippen LogP contribution in [0.3, 0.4) is 0 Å². The van der Waals surface area contributed by atoms with Crippen molar-refractivity contribution >= 4 is 17.3 Å². The molecule has 1 aliphatic carbocycles. The van der Waals surface area contributed by atoms with Gasteiger partial charge in [-0.1, -0.05) is 25.7 Å². The third-order valence-electron chi connectivity index (χ3n) is 4.22. The molecule has 0 bridgehead atoms. The molecule has 5 heteroatoms. The van der Waals surface area contributed by atoms with Gasteiger partial charge in [0.15, 0.2) is 5.96 Å². The molecule has 3 rings (SSSR count). The minimum atomic E-state index is 0.271. The molecule has 1 atom stereocenters. The number of thiazole rings is 1. The highest BCUT2D eigenvalue weighted by Gasteiger charge is 2.34. The van der Waals surface area contributed by atoms with Gasteiger partial charge in [-0.2, -0.15) is 0 Å². The average Bonchev–Trinajstić information content (AvgIpc) is 2.87. The second-order valence-corrected chi connectivity index (χ2v) is 6.62. The first-order valence-electron chi connectivity index (χ1n) is 7.26. The van der Waals surface area contributed by atoms with Gasteiger partial charge in [0.1, 0.15) is 0 Å². The molecule has 0 amide bonds. The zero-order chi connectivity index (χ0) is 13.2. The van der Waals surface area contributed by atoms with Crippen molar-refractivity contribution in [2.45, 2.75) is 57.5 Å². The SMILES string of the molecule is Cc1nc(C2CN=C(N)N2C2CCCCCC2)cs1. The summed E-state index contributed by atoms with van der Waals surface area (Å²) in [7, 11) is 0. The maximum absolute atomic E-state index is 6.15. The summed E-state index contributed by atoms with van der Waals surface area (Å²) in [6.07, 6.45) is 7.85. The van der Waals surface area contributed by atoms with Crippen molar-refractivity contribution in [3.8, 4) is 0 Å². The highest BCUT2D eigenvalue weighted by molar-refractivity contribution is 7.09. The van der Waals surface area contributed by atoms with Crippen LogP contribution in [0, 0.1) is 6.92 Å². The van der Waals surface area contributed by atoms with Crippen LogP contribution in [0.15, 0.2) is 10.4 Å². The lowest BCUT2D eigenvalue weighted by Gasteiger charge is -2.33. The molecule has 0 spiro atoms. The van der Waals surface area contributed by atoms with Crippen molar-refractivity contribution in [2.24, 2.45) is 10.7 Å². The molecule has 1 aliphatic heterocycles. The number of nitrogens with two attached hydrogens (primary N) is 1. The van der Waals surface area contributed by atoms with Crippen LogP contribution < -0.4 is 5.73 Å². The first-order valence-corrected chi connectivity index (χ1v) is 8.14. The molecule has 0 aromatic carbocycles. The molecule has 104 valence electrons. The molecule has 4 nitrogen and oxygen atoms in total. The monoisotopic (exact) mass is 278 g/mol. The van der Waals surface area contributed by atoms with Gasteiger partial charge in [0.25, 0.3) is 0 Å². The van der Waals surface area contributed by atoms with Gasteiger partial charge in [-0.25, -0.2) is 4.98 Å². The van der Waals surface area contributed by atoms with E-state index in [1.807, 2.05) is 0 Å². The highest BCUT2D eigenvalue weighted by Crippen LogP contribution is 2.33. The van der Waals surface area contributed by atoms with E-state index in [1.54, 1.807) is 11.3 Å². The summed E-state index contributed by atoms with van der Waals surface area (Å²) < 4.78 is 0. The molecule has 1 aromatic rings. The molecular weight excluding hydrogens is 256 g/mol. The van der Waals surface area contributed by atoms with E-state index in [9.17, 15) is 0 Å². The Kier molecular flexibility index (Phi) is 3.73. The minimum Gasteiger partial charge on any atom is -0.370 e. The van der Waals surface area contributed by atoms with Crippen molar-refractivity contribution in [1.29, 1.82) is 0 Å². The van der Waals surface area contributed by atoms with Crippen LogP contribution in [0.5, 0.6) is 0 Å². The first kappa shape index (κ1) is 12.9. The van der Waals surface area contributed by atoms with E-state index in [-0.39, 0.29) is 6.04 Å². The molecule has 1 aromatic heterocycles. The Morgan fingerprint density at radius 3 is 2.63 bits per heavy atom. The van der Waals surface area contributed by atoms with Gasteiger partial charge < -0.3 is 10.6 Å². The van der Waals surface area contributed by atoms with E-state index < -0.39 is 0 Å². The first-order chi connectivity index (χ1) is 9.25. The third-order valence-corrected chi connectivity index (χ3v) is 5.01. The largest absolute Gasteiger partial charge is 0.370 e. The van der Waals surface area contributed by atoms with E-state index in [0.29, 0.717) is 6.04 Å². The van der Waals surface area contributed by atoms with E-state index in [4.69, 9.17) is 5.73 Å². The van der Waals surface area contributed by atoms with Crippen LogP contribution in [-0.2, 0) is 0 Å². The van der Waals surface area contributed by atoms with Crippen LogP contribution in [0.25, 0.3) is 0 Å². The van der Waals surface area contributed by atoms with Crippen molar-refractivity contribution in [2.75, 3.05) is 6.54 Å². The Morgan fingerprint density at radius 1 is 1.26 bits per heavy atom. The van der Waals surface area contributed by atoms with Gasteiger partial charge in [0.05, 0.1) is 23.3 Å². The van der Waals surface area contributed by atoms with Crippen LogP contribution in [0.1, 0.15) is 55.3 Å². The molecule has 2 heterocycles. The molecule has 2 aliphatic rings. The molecule has 0 saturated heterocycles. The summed E-state index contributed by atoms with van der Waals surface area (Å²) in [5.41, 5.74) is 7.30. The zero-order valence-electron chi connectivity index (χ0n) is 11.5. The number of hydrogen-bond acceptors (Lipinski definition) is 5. The number of aryl methyl sites for hydroxylation is 1. The molecular formula is C14H22N4S. The normalized spacial score (nSPS) is 25.4. The Balaban J connectivity index is 1.81. The van der Waals surface area contributed by atoms with E-state index >= 15 is 0 Å². The Hall–Kier alpha value is -1.10. The van der Waals surface area contributed by atoms with Gasteiger partial charge in [-0.05, 0) is 19.8 Å². The molecule has 1 saturated carbocycles. The summed E-state index contributed by atoms with van der Waals surface area (Å²) in [4.78, 5) is 11.5. The summed E-state index contributed by atoms with van der Waals surface area (Å²) in [6, 6.07) is 0.828. The van der Waals surface area contributed by atoms with Gasteiger partial charge in [-0.15, -0.1) is 11.3 Å². The van der Waals surface area contributed by atoms with E-state index in [2.05, 4.69) is 27.2 Å². The predicted molar refractivity (Wildman–Crippen MR) is 79.4 cm³/mol. The number of nitrogens with zero attached hydrogens (tertiary/aromatic N) is 3. The van der Waals surface area contributed by atoms with Crippen LogP contribution in [-0.4, -0.2) is 28.4 Å². The molecule has 19 heavy (non-hydrogen) atoms. The van der Waals surface area contributed by atoms with E-state index in [0.717, 1.165) is 23.2 Å². The fourth-order valence-corrected chi connectivity index (χ4v) is 3.92. The summed E-state index contributed by atoms with van der Waals surface area (Å²) in [5, 5.41) is 3.29. The average molecular weight is 278 g/mol. The Bertz CT molecular complexity index is 460. The second-order valence-electron chi connectivity index (χ2n) is 5.56. The minimum absolute atomic E-state index is 0.271. The fraction of sp³-hybridized carbons (Fsp3) is 0.714. The second kappa shape index (κ2) is 5.49. The highest BCUT2D eigenvalue weighted by atomic mass is 32.1. The lowest BCUT2D eigenvalue weighted by molar-refractivity contribution is 0.234. The van der Waals surface area contributed by atoms with Gasteiger partial charge in [-0.3, -0.25) is 4.99 Å². The van der Waals surface area contributed by atoms with Crippen molar-refractivity contribution < 1.29 is 0 Å². The number of aromatic nitrogens is 1. The van der Waals surface area contributed by atoms with Crippen molar-refractivity contribution in [3.63, 3.8) is 0 Å². The standard InChI is InChI=1S/C14H22N4S/c1-10-17-12(9-19-10)13-8-16-14(15)18(13)11-6-4-2-3-5-7-11/h9,11,13H,2-8H2,1H3,(H2,15,16). The zero-order valence-corrected chi connectivity index (χ0v) is 12.3. The molecule has 1 unspecified atom stereocenters. The van der Waals surface area contributed by atoms with Crippen molar-refractivity contribution in [1.82, 2.24) is 9.88 Å². The number of guanidine groups is 1. The lowest BCUT2D eigenvalue weighted by atomic mass is 10.0. The predicted octanol–water partition coefficient (Wildman–Crippen LogP) is 2.85. The maximum atomic E-state index is 6.15. The smallest absolute Gasteiger partial charge is 0.192 e. The van der Waals surface area contributed by atoms with Crippen LogP contribution in [0.2, 0.25) is 0 Å².